The normalized spacial score (nSPS) is 17.8. The summed E-state index contributed by atoms with van der Waals surface area (Å²) in [6.07, 6.45) is 8.21. The fraction of sp³-hybridized carbons (Fsp3) is 0.733. The van der Waals surface area contributed by atoms with Crippen LogP contribution in [-0.2, 0) is 6.54 Å². The van der Waals surface area contributed by atoms with Crippen molar-refractivity contribution in [2.45, 2.75) is 64.6 Å². The molecule has 2 rings (SSSR count). The van der Waals surface area contributed by atoms with E-state index in [4.69, 9.17) is 5.26 Å². The summed E-state index contributed by atoms with van der Waals surface area (Å²) in [6.45, 7) is 5.68. The van der Waals surface area contributed by atoms with E-state index in [1.165, 1.54) is 25.7 Å². The van der Waals surface area contributed by atoms with Crippen LogP contribution in [0.3, 0.4) is 0 Å². The van der Waals surface area contributed by atoms with Gasteiger partial charge in [-0.1, -0.05) is 19.8 Å². The highest BCUT2D eigenvalue weighted by molar-refractivity contribution is 5.01. The molecule has 1 saturated carbocycles. The highest BCUT2D eigenvalue weighted by atomic mass is 15.3. The molecule has 0 radical (unpaired) electrons. The monoisotopic (exact) mass is 260 g/mol. The van der Waals surface area contributed by atoms with Crippen molar-refractivity contribution in [1.29, 1.82) is 5.26 Å². The Bertz CT molecular complexity index is 426. The van der Waals surface area contributed by atoms with Gasteiger partial charge < -0.3 is 0 Å². The third-order valence-corrected chi connectivity index (χ3v) is 4.19. The molecule has 0 amide bonds. The predicted molar refractivity (Wildman–Crippen MR) is 75.5 cm³/mol. The molecule has 0 spiro atoms. The fourth-order valence-electron chi connectivity index (χ4n) is 2.78. The lowest BCUT2D eigenvalue weighted by Gasteiger charge is -2.25. The summed E-state index contributed by atoms with van der Waals surface area (Å²) >= 11 is 0. The molecular formula is C15H24N4. The Morgan fingerprint density at radius 3 is 2.89 bits per heavy atom. The van der Waals surface area contributed by atoms with E-state index in [1.54, 1.807) is 0 Å². The molecule has 104 valence electrons. The van der Waals surface area contributed by atoms with Gasteiger partial charge in [-0.2, -0.15) is 10.4 Å². The first-order valence-corrected chi connectivity index (χ1v) is 7.39. The number of hydrogen-bond acceptors (Lipinski definition) is 3. The second kappa shape index (κ2) is 6.72. The van der Waals surface area contributed by atoms with Gasteiger partial charge in [-0.05, 0) is 32.3 Å². The molecule has 1 unspecified atom stereocenters. The van der Waals surface area contributed by atoms with Crippen molar-refractivity contribution in [3.8, 4) is 6.07 Å². The largest absolute Gasteiger partial charge is 0.282 e. The summed E-state index contributed by atoms with van der Waals surface area (Å²) in [5.41, 5.74) is 1.09. The molecule has 1 aromatic rings. The van der Waals surface area contributed by atoms with Gasteiger partial charge in [0.1, 0.15) is 0 Å². The Hall–Kier alpha value is -1.34. The third kappa shape index (κ3) is 3.57. The van der Waals surface area contributed by atoms with Gasteiger partial charge in [0, 0.05) is 24.8 Å². The molecule has 0 saturated heterocycles. The quantitative estimate of drug-likeness (QED) is 0.738. The van der Waals surface area contributed by atoms with Crippen LogP contribution in [0.2, 0.25) is 0 Å². The van der Waals surface area contributed by atoms with Gasteiger partial charge in [-0.3, -0.25) is 9.58 Å². The number of aromatic nitrogens is 2. The fourth-order valence-corrected chi connectivity index (χ4v) is 2.78. The molecule has 0 bridgehead atoms. The first-order chi connectivity index (χ1) is 9.24. The first-order valence-electron chi connectivity index (χ1n) is 7.39. The summed E-state index contributed by atoms with van der Waals surface area (Å²) in [6, 6.07) is 5.41. The Morgan fingerprint density at radius 2 is 2.26 bits per heavy atom. The van der Waals surface area contributed by atoms with Gasteiger partial charge in [-0.25, -0.2) is 0 Å². The van der Waals surface area contributed by atoms with E-state index >= 15 is 0 Å². The van der Waals surface area contributed by atoms with Gasteiger partial charge in [-0.15, -0.1) is 0 Å². The molecule has 1 aliphatic rings. The van der Waals surface area contributed by atoms with Crippen LogP contribution >= 0.6 is 0 Å². The SMILES string of the molecule is CCC(C)n1ccc(CN(CC#N)C2CCCC2)n1. The van der Waals surface area contributed by atoms with Crippen molar-refractivity contribution in [1.82, 2.24) is 14.7 Å². The van der Waals surface area contributed by atoms with E-state index in [0.717, 1.165) is 18.7 Å². The molecular weight excluding hydrogens is 236 g/mol. The Labute approximate surface area is 116 Å². The Morgan fingerprint density at radius 1 is 1.53 bits per heavy atom. The minimum Gasteiger partial charge on any atom is -0.282 e. The molecule has 1 atom stereocenters. The van der Waals surface area contributed by atoms with E-state index in [9.17, 15) is 0 Å². The van der Waals surface area contributed by atoms with Crippen molar-refractivity contribution < 1.29 is 0 Å². The zero-order valence-electron chi connectivity index (χ0n) is 12.0. The zero-order valence-corrected chi connectivity index (χ0v) is 12.0. The summed E-state index contributed by atoms with van der Waals surface area (Å²) in [5.74, 6) is 0. The lowest BCUT2D eigenvalue weighted by molar-refractivity contribution is 0.210. The second-order valence-corrected chi connectivity index (χ2v) is 5.55. The van der Waals surface area contributed by atoms with Gasteiger partial charge in [0.15, 0.2) is 0 Å². The first kappa shape index (κ1) is 14.1. The van der Waals surface area contributed by atoms with E-state index in [-0.39, 0.29) is 0 Å². The lowest BCUT2D eigenvalue weighted by atomic mass is 10.2. The molecule has 0 aromatic carbocycles. The molecule has 0 N–H and O–H groups in total. The Balaban J connectivity index is 2.00. The minimum absolute atomic E-state index is 0.449. The second-order valence-electron chi connectivity index (χ2n) is 5.55. The molecule has 1 aliphatic carbocycles. The van der Waals surface area contributed by atoms with Crippen LogP contribution in [0.25, 0.3) is 0 Å². The van der Waals surface area contributed by atoms with Crippen LogP contribution in [-0.4, -0.2) is 27.3 Å². The maximum absolute atomic E-state index is 8.99. The highest BCUT2D eigenvalue weighted by Gasteiger charge is 2.23. The maximum Gasteiger partial charge on any atom is 0.0871 e. The maximum atomic E-state index is 8.99. The number of nitrogens with zero attached hydrogens (tertiary/aromatic N) is 4. The van der Waals surface area contributed by atoms with E-state index < -0.39 is 0 Å². The van der Waals surface area contributed by atoms with Crippen molar-refractivity contribution in [3.63, 3.8) is 0 Å². The summed E-state index contributed by atoms with van der Waals surface area (Å²) in [4.78, 5) is 2.29. The molecule has 4 nitrogen and oxygen atoms in total. The average Bonchev–Trinajstić information content (AvgIpc) is 3.08. The van der Waals surface area contributed by atoms with Gasteiger partial charge >= 0.3 is 0 Å². The van der Waals surface area contributed by atoms with Crippen molar-refractivity contribution in [3.05, 3.63) is 18.0 Å². The molecule has 19 heavy (non-hydrogen) atoms. The zero-order chi connectivity index (χ0) is 13.7. The molecule has 1 fully saturated rings. The van der Waals surface area contributed by atoms with Gasteiger partial charge in [0.05, 0.1) is 18.3 Å². The number of rotatable bonds is 6. The molecule has 0 aliphatic heterocycles. The topological polar surface area (TPSA) is 44.9 Å². The summed E-state index contributed by atoms with van der Waals surface area (Å²) in [5, 5.41) is 13.6. The van der Waals surface area contributed by atoms with Crippen LogP contribution < -0.4 is 0 Å². The molecule has 1 heterocycles. The minimum atomic E-state index is 0.449. The smallest absolute Gasteiger partial charge is 0.0871 e. The van der Waals surface area contributed by atoms with Gasteiger partial charge in [0.25, 0.3) is 0 Å². The van der Waals surface area contributed by atoms with Crippen LogP contribution in [0.15, 0.2) is 12.3 Å². The lowest BCUT2D eigenvalue weighted by Crippen LogP contribution is -2.33. The van der Waals surface area contributed by atoms with Crippen molar-refractivity contribution in [2.75, 3.05) is 6.54 Å². The average molecular weight is 260 g/mol. The molecule has 1 aromatic heterocycles. The predicted octanol–water partition coefficient (Wildman–Crippen LogP) is 3.12. The van der Waals surface area contributed by atoms with Gasteiger partial charge in [0.2, 0.25) is 0 Å². The van der Waals surface area contributed by atoms with Crippen molar-refractivity contribution in [2.24, 2.45) is 0 Å². The number of hydrogen-bond donors (Lipinski definition) is 0. The van der Waals surface area contributed by atoms with Crippen LogP contribution in [0, 0.1) is 11.3 Å². The Kier molecular flexibility index (Phi) is 4.98. The summed E-state index contributed by atoms with van der Waals surface area (Å²) in [7, 11) is 0. The van der Waals surface area contributed by atoms with E-state index in [0.29, 0.717) is 18.6 Å². The van der Waals surface area contributed by atoms with Crippen molar-refractivity contribution >= 4 is 0 Å². The third-order valence-electron chi connectivity index (χ3n) is 4.19. The highest BCUT2D eigenvalue weighted by Crippen LogP contribution is 2.24. The molecule has 4 heteroatoms. The van der Waals surface area contributed by atoms with E-state index in [2.05, 4.69) is 42.2 Å². The number of nitriles is 1. The summed E-state index contributed by atoms with van der Waals surface area (Å²) < 4.78 is 2.04. The van der Waals surface area contributed by atoms with Crippen LogP contribution in [0.4, 0.5) is 0 Å². The van der Waals surface area contributed by atoms with Crippen LogP contribution in [0.1, 0.15) is 57.7 Å². The standard InChI is InChI=1S/C15H24N4/c1-3-13(2)19-10-8-14(17-19)12-18(11-9-16)15-6-4-5-7-15/h8,10,13,15H,3-7,11-12H2,1-2H3. The van der Waals surface area contributed by atoms with E-state index in [1.807, 2.05) is 4.68 Å². The van der Waals surface area contributed by atoms with Crippen LogP contribution in [0.5, 0.6) is 0 Å².